The van der Waals surface area contributed by atoms with E-state index in [-0.39, 0.29) is 11.4 Å². The lowest BCUT2D eigenvalue weighted by atomic mass is 10.1. The van der Waals surface area contributed by atoms with Gasteiger partial charge in [-0.3, -0.25) is 0 Å². The van der Waals surface area contributed by atoms with Gasteiger partial charge in [-0.15, -0.1) is 0 Å². The Bertz CT molecular complexity index is 524. The zero-order valence-electron chi connectivity index (χ0n) is 8.42. The van der Waals surface area contributed by atoms with Gasteiger partial charge in [0.15, 0.2) is 5.69 Å². The van der Waals surface area contributed by atoms with E-state index >= 15 is 0 Å². The fourth-order valence-electron chi connectivity index (χ4n) is 1.41. The molecular formula is C12H10N2O2. The molecule has 0 bridgehead atoms. The minimum atomic E-state index is -1.12. The molecule has 3 N–H and O–H groups in total. The third-order valence-electron chi connectivity index (χ3n) is 2.20. The third-order valence-corrected chi connectivity index (χ3v) is 2.20. The van der Waals surface area contributed by atoms with E-state index < -0.39 is 5.97 Å². The van der Waals surface area contributed by atoms with Crippen molar-refractivity contribution in [3.05, 3.63) is 48.2 Å². The van der Waals surface area contributed by atoms with E-state index in [1.165, 1.54) is 0 Å². The number of hydrogen-bond donors (Lipinski definition) is 2. The molecule has 4 nitrogen and oxygen atoms in total. The molecule has 0 saturated carbocycles. The average Bonchev–Trinajstić information content (AvgIpc) is 2.30. The van der Waals surface area contributed by atoms with Gasteiger partial charge in [-0.25, -0.2) is 9.78 Å². The van der Waals surface area contributed by atoms with Crippen molar-refractivity contribution in [2.45, 2.75) is 0 Å². The fraction of sp³-hybridized carbons (Fsp3) is 0. The highest BCUT2D eigenvalue weighted by Gasteiger charge is 2.11. The molecular weight excluding hydrogens is 204 g/mol. The van der Waals surface area contributed by atoms with E-state index in [0.29, 0.717) is 5.69 Å². The van der Waals surface area contributed by atoms with Gasteiger partial charge in [0.05, 0.1) is 11.4 Å². The molecule has 0 saturated heterocycles. The summed E-state index contributed by atoms with van der Waals surface area (Å²) >= 11 is 0. The lowest BCUT2D eigenvalue weighted by Gasteiger charge is -2.04. The smallest absolute Gasteiger partial charge is 0.356 e. The van der Waals surface area contributed by atoms with Crippen LogP contribution in [0.3, 0.4) is 0 Å². The summed E-state index contributed by atoms with van der Waals surface area (Å²) < 4.78 is 0. The highest BCUT2D eigenvalue weighted by atomic mass is 16.4. The number of carboxylic acids is 1. The van der Waals surface area contributed by atoms with Crippen molar-refractivity contribution >= 4 is 11.7 Å². The molecule has 2 rings (SSSR count). The number of pyridine rings is 1. The van der Waals surface area contributed by atoms with Crippen LogP contribution < -0.4 is 5.73 Å². The molecule has 0 aliphatic rings. The molecule has 4 heteroatoms. The van der Waals surface area contributed by atoms with Crippen LogP contribution in [0.25, 0.3) is 11.3 Å². The van der Waals surface area contributed by atoms with Crippen LogP contribution in [-0.4, -0.2) is 16.1 Å². The SMILES string of the molecule is Nc1ccc(-c2ccccc2)nc1C(=O)O. The number of nitrogens with zero attached hydrogens (tertiary/aromatic N) is 1. The minimum absolute atomic E-state index is 0.110. The summed E-state index contributed by atoms with van der Waals surface area (Å²) in [5.41, 5.74) is 7.06. The number of carboxylic acid groups (broad SMARTS) is 1. The van der Waals surface area contributed by atoms with E-state index in [0.717, 1.165) is 5.56 Å². The van der Waals surface area contributed by atoms with Crippen LogP contribution in [0.5, 0.6) is 0 Å². The van der Waals surface area contributed by atoms with Crippen LogP contribution in [0.2, 0.25) is 0 Å². The van der Waals surface area contributed by atoms with E-state index in [2.05, 4.69) is 4.98 Å². The fourth-order valence-corrected chi connectivity index (χ4v) is 1.41. The molecule has 1 heterocycles. The standard InChI is InChI=1S/C12H10N2O2/c13-9-6-7-10(14-11(9)12(15)16)8-4-2-1-3-5-8/h1-7H,13H2,(H,15,16). The number of aromatic carboxylic acids is 1. The molecule has 0 radical (unpaired) electrons. The number of benzene rings is 1. The van der Waals surface area contributed by atoms with Crippen LogP contribution in [-0.2, 0) is 0 Å². The van der Waals surface area contributed by atoms with Crippen molar-refractivity contribution in [2.75, 3.05) is 5.73 Å². The topological polar surface area (TPSA) is 76.2 Å². The molecule has 80 valence electrons. The van der Waals surface area contributed by atoms with E-state index in [4.69, 9.17) is 10.8 Å². The largest absolute Gasteiger partial charge is 0.476 e. The molecule has 0 spiro atoms. The molecule has 0 unspecified atom stereocenters. The van der Waals surface area contributed by atoms with Gasteiger partial charge >= 0.3 is 5.97 Å². The first-order valence-corrected chi connectivity index (χ1v) is 4.73. The van der Waals surface area contributed by atoms with Crippen molar-refractivity contribution in [1.82, 2.24) is 4.98 Å². The Morgan fingerprint density at radius 2 is 1.81 bits per heavy atom. The van der Waals surface area contributed by atoms with Crippen LogP contribution >= 0.6 is 0 Å². The van der Waals surface area contributed by atoms with Crippen LogP contribution in [0, 0.1) is 0 Å². The third kappa shape index (κ3) is 1.86. The Labute approximate surface area is 92.4 Å². The second kappa shape index (κ2) is 4.02. The molecule has 0 atom stereocenters. The maximum atomic E-state index is 10.9. The number of rotatable bonds is 2. The van der Waals surface area contributed by atoms with Crippen LogP contribution in [0.4, 0.5) is 5.69 Å². The molecule has 16 heavy (non-hydrogen) atoms. The van der Waals surface area contributed by atoms with Gasteiger partial charge in [0.1, 0.15) is 0 Å². The average molecular weight is 214 g/mol. The summed E-state index contributed by atoms with van der Waals surface area (Å²) in [7, 11) is 0. The highest BCUT2D eigenvalue weighted by molar-refractivity contribution is 5.92. The Morgan fingerprint density at radius 1 is 1.12 bits per heavy atom. The molecule has 0 fully saturated rings. The summed E-state index contributed by atoms with van der Waals surface area (Å²) in [5.74, 6) is -1.12. The first-order valence-electron chi connectivity index (χ1n) is 4.73. The second-order valence-electron chi connectivity index (χ2n) is 3.31. The lowest BCUT2D eigenvalue weighted by Crippen LogP contribution is -2.06. The molecule has 2 aromatic rings. The molecule has 0 amide bonds. The van der Waals surface area contributed by atoms with Crippen molar-refractivity contribution in [3.63, 3.8) is 0 Å². The van der Waals surface area contributed by atoms with Crippen molar-refractivity contribution in [1.29, 1.82) is 0 Å². The monoisotopic (exact) mass is 214 g/mol. The summed E-state index contributed by atoms with van der Waals surface area (Å²) in [6.45, 7) is 0. The number of nitrogen functional groups attached to an aromatic ring is 1. The molecule has 1 aromatic carbocycles. The van der Waals surface area contributed by atoms with Gasteiger partial charge in [-0.05, 0) is 12.1 Å². The van der Waals surface area contributed by atoms with Crippen LogP contribution in [0.1, 0.15) is 10.5 Å². The lowest BCUT2D eigenvalue weighted by molar-refractivity contribution is 0.0692. The Balaban J connectivity index is 2.52. The van der Waals surface area contributed by atoms with Crippen molar-refractivity contribution in [3.8, 4) is 11.3 Å². The quantitative estimate of drug-likeness (QED) is 0.801. The number of hydrogen-bond acceptors (Lipinski definition) is 3. The van der Waals surface area contributed by atoms with Crippen molar-refractivity contribution in [2.24, 2.45) is 0 Å². The molecule has 0 aliphatic carbocycles. The zero-order valence-corrected chi connectivity index (χ0v) is 8.42. The predicted molar refractivity (Wildman–Crippen MR) is 61.0 cm³/mol. The summed E-state index contributed by atoms with van der Waals surface area (Å²) in [6, 6.07) is 12.6. The Kier molecular flexibility index (Phi) is 2.55. The van der Waals surface area contributed by atoms with Crippen LogP contribution in [0.15, 0.2) is 42.5 Å². The van der Waals surface area contributed by atoms with E-state index in [1.807, 2.05) is 30.3 Å². The summed E-state index contributed by atoms with van der Waals surface area (Å²) in [4.78, 5) is 14.9. The van der Waals surface area contributed by atoms with Gasteiger partial charge in [-0.1, -0.05) is 30.3 Å². The maximum absolute atomic E-state index is 10.9. The summed E-state index contributed by atoms with van der Waals surface area (Å²) in [6.07, 6.45) is 0. The molecule has 0 aliphatic heterocycles. The normalized spacial score (nSPS) is 10.0. The molecule has 1 aromatic heterocycles. The number of nitrogens with two attached hydrogens (primary N) is 1. The number of carbonyl (C=O) groups is 1. The van der Waals surface area contributed by atoms with Gasteiger partial charge in [0.25, 0.3) is 0 Å². The van der Waals surface area contributed by atoms with Crippen molar-refractivity contribution < 1.29 is 9.90 Å². The summed E-state index contributed by atoms with van der Waals surface area (Å²) in [5, 5.41) is 8.89. The van der Waals surface area contributed by atoms with Gasteiger partial charge < -0.3 is 10.8 Å². The van der Waals surface area contributed by atoms with Gasteiger partial charge in [0, 0.05) is 5.56 Å². The first kappa shape index (κ1) is 10.2. The first-order chi connectivity index (χ1) is 7.68. The Hall–Kier alpha value is -2.36. The maximum Gasteiger partial charge on any atom is 0.356 e. The zero-order chi connectivity index (χ0) is 11.5. The van der Waals surface area contributed by atoms with Gasteiger partial charge in [-0.2, -0.15) is 0 Å². The van der Waals surface area contributed by atoms with E-state index in [9.17, 15) is 4.79 Å². The second-order valence-corrected chi connectivity index (χ2v) is 3.31. The predicted octanol–water partition coefficient (Wildman–Crippen LogP) is 2.03. The number of anilines is 1. The van der Waals surface area contributed by atoms with E-state index in [1.54, 1.807) is 12.1 Å². The minimum Gasteiger partial charge on any atom is -0.476 e. The Morgan fingerprint density at radius 3 is 2.44 bits per heavy atom. The highest BCUT2D eigenvalue weighted by Crippen LogP contribution is 2.19. The number of aromatic nitrogens is 1. The van der Waals surface area contributed by atoms with Gasteiger partial charge in [0.2, 0.25) is 0 Å².